The standard InChI is InChI=1S/C26H27N5O2/c1-18-6-4-7-24(29-18)25-22(17-28-30-25)19-8-9-23-20(14-19)15-21(16-27-23)26(32)33-13-5-12-31-10-2-3-11-31/h4,6-9,14-17H,2-3,5,10-13H2,1H3,(H,28,30). The molecule has 1 fully saturated rings. The number of nitrogens with zero attached hydrogens (tertiary/aromatic N) is 4. The van der Waals surface area contributed by atoms with Gasteiger partial charge in [-0.25, -0.2) is 4.79 Å². The number of benzene rings is 1. The van der Waals surface area contributed by atoms with Crippen molar-refractivity contribution in [2.45, 2.75) is 26.2 Å². The fraction of sp³-hybridized carbons (Fsp3) is 0.308. The van der Waals surface area contributed by atoms with Gasteiger partial charge in [0.2, 0.25) is 0 Å². The van der Waals surface area contributed by atoms with Gasteiger partial charge in [-0.2, -0.15) is 5.10 Å². The fourth-order valence-electron chi connectivity index (χ4n) is 4.34. The lowest BCUT2D eigenvalue weighted by atomic mass is 10.0. The largest absolute Gasteiger partial charge is 0.462 e. The monoisotopic (exact) mass is 441 g/mol. The number of fused-ring (bicyclic) bond motifs is 1. The highest BCUT2D eigenvalue weighted by Crippen LogP contribution is 2.31. The number of carbonyl (C=O) groups excluding carboxylic acids is 1. The summed E-state index contributed by atoms with van der Waals surface area (Å²) in [7, 11) is 0. The molecule has 0 aliphatic carbocycles. The minimum absolute atomic E-state index is 0.329. The predicted octanol–water partition coefficient (Wildman–Crippen LogP) is 4.64. The van der Waals surface area contributed by atoms with Gasteiger partial charge in [-0.3, -0.25) is 15.1 Å². The van der Waals surface area contributed by atoms with Gasteiger partial charge in [0.15, 0.2) is 0 Å². The highest BCUT2D eigenvalue weighted by Gasteiger charge is 2.14. The van der Waals surface area contributed by atoms with E-state index in [-0.39, 0.29) is 5.97 Å². The van der Waals surface area contributed by atoms with Gasteiger partial charge in [-0.05, 0) is 75.2 Å². The summed E-state index contributed by atoms with van der Waals surface area (Å²) in [6, 6.07) is 13.7. The van der Waals surface area contributed by atoms with Crippen LogP contribution in [-0.4, -0.2) is 57.3 Å². The molecule has 0 bridgehead atoms. The summed E-state index contributed by atoms with van der Waals surface area (Å²) in [4.78, 5) is 24.1. The van der Waals surface area contributed by atoms with E-state index < -0.39 is 0 Å². The van der Waals surface area contributed by atoms with Crippen LogP contribution in [0.4, 0.5) is 0 Å². The van der Waals surface area contributed by atoms with Crippen molar-refractivity contribution >= 4 is 16.9 Å². The van der Waals surface area contributed by atoms with E-state index in [1.807, 2.05) is 49.4 Å². The first-order valence-electron chi connectivity index (χ1n) is 11.4. The van der Waals surface area contributed by atoms with Crippen molar-refractivity contribution in [1.82, 2.24) is 25.1 Å². The second kappa shape index (κ2) is 9.50. The first-order chi connectivity index (χ1) is 16.2. The Morgan fingerprint density at radius 2 is 2.00 bits per heavy atom. The van der Waals surface area contributed by atoms with E-state index in [0.717, 1.165) is 65.2 Å². The molecule has 0 amide bonds. The van der Waals surface area contributed by atoms with Crippen LogP contribution in [0.3, 0.4) is 0 Å². The molecular weight excluding hydrogens is 414 g/mol. The van der Waals surface area contributed by atoms with Crippen LogP contribution in [0.25, 0.3) is 33.4 Å². The molecule has 168 valence electrons. The van der Waals surface area contributed by atoms with Gasteiger partial charge < -0.3 is 9.64 Å². The number of aromatic amines is 1. The summed E-state index contributed by atoms with van der Waals surface area (Å²) >= 11 is 0. The van der Waals surface area contributed by atoms with Crippen LogP contribution in [-0.2, 0) is 4.74 Å². The molecule has 3 aromatic heterocycles. The van der Waals surface area contributed by atoms with Crippen LogP contribution >= 0.6 is 0 Å². The van der Waals surface area contributed by atoms with Gasteiger partial charge in [0.25, 0.3) is 0 Å². The number of aryl methyl sites for hydroxylation is 1. The summed E-state index contributed by atoms with van der Waals surface area (Å²) in [5, 5.41) is 8.19. The Bertz CT molecular complexity index is 1280. The van der Waals surface area contributed by atoms with Gasteiger partial charge in [-0.15, -0.1) is 0 Å². The van der Waals surface area contributed by atoms with Gasteiger partial charge in [0.05, 0.1) is 35.3 Å². The quantitative estimate of drug-likeness (QED) is 0.332. The minimum atomic E-state index is -0.329. The molecule has 1 N–H and O–H groups in total. The number of esters is 1. The number of nitrogens with one attached hydrogen (secondary N) is 1. The zero-order valence-electron chi connectivity index (χ0n) is 18.8. The SMILES string of the molecule is Cc1cccc(-c2[nH]ncc2-c2ccc3ncc(C(=O)OCCCN4CCCC4)cc3c2)n1. The summed E-state index contributed by atoms with van der Waals surface area (Å²) in [6.45, 7) is 5.69. The molecule has 0 radical (unpaired) electrons. The molecule has 7 nitrogen and oxygen atoms in total. The van der Waals surface area contributed by atoms with Crippen molar-refractivity contribution in [2.24, 2.45) is 0 Å². The first-order valence-corrected chi connectivity index (χ1v) is 11.4. The van der Waals surface area contributed by atoms with Crippen molar-refractivity contribution in [3.8, 4) is 22.5 Å². The third-order valence-electron chi connectivity index (χ3n) is 6.06. The Labute approximate surface area is 192 Å². The maximum atomic E-state index is 12.6. The number of pyridine rings is 2. The molecular formula is C26H27N5O2. The highest BCUT2D eigenvalue weighted by atomic mass is 16.5. The van der Waals surface area contributed by atoms with E-state index in [4.69, 9.17) is 4.74 Å². The summed E-state index contributed by atoms with van der Waals surface area (Å²) < 4.78 is 5.50. The average Bonchev–Trinajstić information content (AvgIpc) is 3.53. The van der Waals surface area contributed by atoms with Crippen LogP contribution in [0.2, 0.25) is 0 Å². The number of hydrogen-bond acceptors (Lipinski definition) is 6. The predicted molar refractivity (Wildman–Crippen MR) is 128 cm³/mol. The number of carbonyl (C=O) groups is 1. The lowest BCUT2D eigenvalue weighted by Crippen LogP contribution is -2.22. The number of hydrogen-bond donors (Lipinski definition) is 1. The topological polar surface area (TPSA) is 84.0 Å². The zero-order chi connectivity index (χ0) is 22.6. The summed E-state index contributed by atoms with van der Waals surface area (Å²) in [5.74, 6) is -0.329. The minimum Gasteiger partial charge on any atom is -0.462 e. The van der Waals surface area contributed by atoms with Gasteiger partial charge in [0.1, 0.15) is 0 Å². The average molecular weight is 442 g/mol. The molecule has 0 saturated carbocycles. The Morgan fingerprint density at radius 1 is 1.12 bits per heavy atom. The molecule has 4 aromatic rings. The van der Waals surface area contributed by atoms with Crippen molar-refractivity contribution < 1.29 is 9.53 Å². The van der Waals surface area contributed by atoms with Crippen LogP contribution in [0.5, 0.6) is 0 Å². The van der Waals surface area contributed by atoms with Crippen LogP contribution in [0.15, 0.2) is 54.9 Å². The Hall–Kier alpha value is -3.58. The van der Waals surface area contributed by atoms with E-state index in [1.54, 1.807) is 12.4 Å². The lowest BCUT2D eigenvalue weighted by molar-refractivity contribution is 0.0490. The Balaban J connectivity index is 1.33. The van der Waals surface area contributed by atoms with Gasteiger partial charge in [0, 0.05) is 29.4 Å². The molecule has 1 aliphatic rings. The summed E-state index contributed by atoms with van der Waals surface area (Å²) in [5.41, 5.74) is 5.86. The normalized spacial score (nSPS) is 14.1. The van der Waals surface area contributed by atoms with Crippen molar-refractivity contribution in [1.29, 1.82) is 0 Å². The Morgan fingerprint density at radius 3 is 2.85 bits per heavy atom. The number of ether oxygens (including phenoxy) is 1. The second-order valence-corrected chi connectivity index (χ2v) is 8.49. The maximum absolute atomic E-state index is 12.6. The van der Waals surface area contributed by atoms with Crippen LogP contribution in [0.1, 0.15) is 35.3 Å². The molecule has 5 rings (SSSR count). The third-order valence-corrected chi connectivity index (χ3v) is 6.06. The second-order valence-electron chi connectivity index (χ2n) is 8.49. The van der Waals surface area contributed by atoms with E-state index in [0.29, 0.717) is 12.2 Å². The van der Waals surface area contributed by atoms with Crippen molar-refractivity contribution in [2.75, 3.05) is 26.2 Å². The molecule has 33 heavy (non-hydrogen) atoms. The third kappa shape index (κ3) is 4.78. The molecule has 1 aliphatic heterocycles. The maximum Gasteiger partial charge on any atom is 0.339 e. The number of aromatic nitrogens is 4. The van der Waals surface area contributed by atoms with Crippen molar-refractivity contribution in [3.63, 3.8) is 0 Å². The molecule has 1 saturated heterocycles. The first kappa shape index (κ1) is 21.3. The summed E-state index contributed by atoms with van der Waals surface area (Å²) in [6.07, 6.45) is 6.78. The highest BCUT2D eigenvalue weighted by molar-refractivity contribution is 5.95. The number of rotatable bonds is 7. The van der Waals surface area contributed by atoms with E-state index in [2.05, 4.69) is 25.1 Å². The fourth-order valence-corrected chi connectivity index (χ4v) is 4.34. The number of likely N-dealkylation sites (tertiary alicyclic amines) is 1. The van der Waals surface area contributed by atoms with Crippen molar-refractivity contribution in [3.05, 3.63) is 66.1 Å². The molecule has 0 unspecified atom stereocenters. The number of H-pyrrole nitrogens is 1. The van der Waals surface area contributed by atoms with Gasteiger partial charge in [-0.1, -0.05) is 12.1 Å². The lowest BCUT2D eigenvalue weighted by Gasteiger charge is -2.14. The molecule has 1 aromatic carbocycles. The van der Waals surface area contributed by atoms with E-state index in [9.17, 15) is 4.79 Å². The van der Waals surface area contributed by atoms with E-state index >= 15 is 0 Å². The smallest absolute Gasteiger partial charge is 0.339 e. The van der Waals surface area contributed by atoms with Crippen LogP contribution < -0.4 is 0 Å². The molecule has 0 atom stereocenters. The molecule has 7 heteroatoms. The molecule has 0 spiro atoms. The zero-order valence-corrected chi connectivity index (χ0v) is 18.8. The Kier molecular flexibility index (Phi) is 6.13. The van der Waals surface area contributed by atoms with Gasteiger partial charge >= 0.3 is 5.97 Å². The van der Waals surface area contributed by atoms with Crippen LogP contribution in [0, 0.1) is 6.92 Å². The van der Waals surface area contributed by atoms with E-state index in [1.165, 1.54) is 12.8 Å². The molecule has 4 heterocycles.